The highest BCUT2D eigenvalue weighted by atomic mass is 16.4. The Kier molecular flexibility index (Phi) is 4.33. The van der Waals surface area contributed by atoms with Crippen molar-refractivity contribution in [2.45, 2.75) is 12.5 Å². The molecule has 3 aromatic rings. The predicted octanol–water partition coefficient (Wildman–Crippen LogP) is 3.02. The van der Waals surface area contributed by atoms with Crippen molar-refractivity contribution in [3.8, 4) is 11.4 Å². The fraction of sp³-hybridized carbons (Fsp3) is 0.118. The number of nitrogens with one attached hydrogen (secondary N) is 2. The highest BCUT2D eigenvalue weighted by molar-refractivity contribution is 5.65. The van der Waals surface area contributed by atoms with Gasteiger partial charge in [-0.1, -0.05) is 60.7 Å². The van der Waals surface area contributed by atoms with E-state index in [9.17, 15) is 4.79 Å². The third-order valence-corrected chi connectivity index (χ3v) is 3.45. The van der Waals surface area contributed by atoms with Crippen LogP contribution in [-0.2, 0) is 6.42 Å². The molecule has 0 radical (unpaired) electrons. The van der Waals surface area contributed by atoms with Crippen molar-refractivity contribution in [2.24, 2.45) is 0 Å². The molecule has 3 rings (SSSR count). The monoisotopic (exact) mass is 308 g/mol. The zero-order chi connectivity index (χ0) is 16.1. The van der Waals surface area contributed by atoms with Gasteiger partial charge in [0.25, 0.3) is 0 Å². The van der Waals surface area contributed by atoms with E-state index >= 15 is 0 Å². The highest BCUT2D eigenvalue weighted by Crippen LogP contribution is 2.19. The summed E-state index contributed by atoms with van der Waals surface area (Å²) in [5.74, 6) is 1.04. The summed E-state index contributed by atoms with van der Waals surface area (Å²) in [6.07, 6.45) is -0.597. The van der Waals surface area contributed by atoms with Gasteiger partial charge in [0.15, 0.2) is 5.82 Å². The molecule has 23 heavy (non-hydrogen) atoms. The van der Waals surface area contributed by atoms with E-state index in [0.717, 1.165) is 11.1 Å². The summed E-state index contributed by atoms with van der Waals surface area (Å²) in [4.78, 5) is 15.5. The maximum atomic E-state index is 11.1. The minimum Gasteiger partial charge on any atom is -0.465 e. The molecule has 0 bridgehead atoms. The van der Waals surface area contributed by atoms with E-state index in [1.807, 2.05) is 60.7 Å². The molecular weight excluding hydrogens is 292 g/mol. The molecule has 0 aliphatic heterocycles. The SMILES string of the molecule is O=C(O)NC(Cc1ccccc1)c1nc(-c2ccccc2)n[nH]1. The molecule has 0 saturated carbocycles. The zero-order valence-electron chi connectivity index (χ0n) is 12.3. The second-order valence-corrected chi connectivity index (χ2v) is 5.10. The van der Waals surface area contributed by atoms with Crippen LogP contribution in [0.2, 0.25) is 0 Å². The van der Waals surface area contributed by atoms with Crippen molar-refractivity contribution in [1.29, 1.82) is 0 Å². The molecule has 0 aliphatic carbocycles. The van der Waals surface area contributed by atoms with Crippen LogP contribution in [0.4, 0.5) is 4.79 Å². The van der Waals surface area contributed by atoms with Crippen molar-refractivity contribution in [2.75, 3.05) is 0 Å². The standard InChI is InChI=1S/C17H16N4O2/c22-17(23)18-14(11-12-7-3-1-4-8-12)16-19-15(20-21-16)13-9-5-2-6-10-13/h1-10,14,18H,11H2,(H,22,23)(H,19,20,21). The summed E-state index contributed by atoms with van der Waals surface area (Å²) < 4.78 is 0. The Morgan fingerprint density at radius 3 is 2.39 bits per heavy atom. The molecule has 0 saturated heterocycles. The number of carboxylic acid groups (broad SMARTS) is 1. The number of hydrogen-bond donors (Lipinski definition) is 3. The Morgan fingerprint density at radius 1 is 1.09 bits per heavy atom. The van der Waals surface area contributed by atoms with E-state index in [4.69, 9.17) is 5.11 Å². The number of hydrogen-bond acceptors (Lipinski definition) is 3. The van der Waals surface area contributed by atoms with Crippen molar-refractivity contribution < 1.29 is 9.90 Å². The van der Waals surface area contributed by atoms with E-state index in [0.29, 0.717) is 18.1 Å². The third kappa shape index (κ3) is 3.74. The van der Waals surface area contributed by atoms with Gasteiger partial charge < -0.3 is 10.4 Å². The maximum absolute atomic E-state index is 11.1. The molecule has 1 aromatic heterocycles. The number of aromatic nitrogens is 3. The fourth-order valence-corrected chi connectivity index (χ4v) is 2.36. The number of benzene rings is 2. The van der Waals surface area contributed by atoms with Crippen LogP contribution in [0.1, 0.15) is 17.4 Å². The number of nitrogens with zero attached hydrogens (tertiary/aromatic N) is 2. The normalized spacial score (nSPS) is 11.8. The van der Waals surface area contributed by atoms with Gasteiger partial charge in [-0.2, -0.15) is 5.10 Å². The molecule has 1 unspecified atom stereocenters. The average Bonchev–Trinajstić information content (AvgIpc) is 3.06. The van der Waals surface area contributed by atoms with Crippen LogP contribution in [-0.4, -0.2) is 26.4 Å². The second kappa shape index (κ2) is 6.74. The number of rotatable bonds is 5. The van der Waals surface area contributed by atoms with Crippen LogP contribution >= 0.6 is 0 Å². The van der Waals surface area contributed by atoms with Crippen LogP contribution in [0, 0.1) is 0 Å². The first-order valence-electron chi connectivity index (χ1n) is 7.23. The zero-order valence-corrected chi connectivity index (χ0v) is 12.3. The Morgan fingerprint density at radius 2 is 1.74 bits per heavy atom. The Labute approximate surface area is 133 Å². The predicted molar refractivity (Wildman–Crippen MR) is 85.9 cm³/mol. The maximum Gasteiger partial charge on any atom is 0.405 e. The summed E-state index contributed by atoms with van der Waals surface area (Å²) in [7, 11) is 0. The first kappa shape index (κ1) is 14.8. The quantitative estimate of drug-likeness (QED) is 0.675. The summed E-state index contributed by atoms with van der Waals surface area (Å²) in [6.45, 7) is 0. The van der Waals surface area contributed by atoms with Crippen molar-refractivity contribution in [3.63, 3.8) is 0 Å². The fourth-order valence-electron chi connectivity index (χ4n) is 2.36. The average molecular weight is 308 g/mol. The molecule has 116 valence electrons. The molecule has 0 aliphatic rings. The van der Waals surface area contributed by atoms with E-state index in [-0.39, 0.29) is 0 Å². The van der Waals surface area contributed by atoms with E-state index < -0.39 is 12.1 Å². The minimum atomic E-state index is -1.09. The van der Waals surface area contributed by atoms with Gasteiger partial charge in [0.1, 0.15) is 5.82 Å². The topological polar surface area (TPSA) is 90.9 Å². The number of carbonyl (C=O) groups is 1. The minimum absolute atomic E-state index is 0.486. The molecule has 1 amide bonds. The van der Waals surface area contributed by atoms with Crippen LogP contribution in [0.15, 0.2) is 60.7 Å². The van der Waals surface area contributed by atoms with Crippen LogP contribution < -0.4 is 5.32 Å². The lowest BCUT2D eigenvalue weighted by Crippen LogP contribution is -2.29. The molecule has 3 N–H and O–H groups in total. The lowest BCUT2D eigenvalue weighted by atomic mass is 10.1. The van der Waals surface area contributed by atoms with Crippen molar-refractivity contribution in [1.82, 2.24) is 20.5 Å². The van der Waals surface area contributed by atoms with Crippen LogP contribution in [0.5, 0.6) is 0 Å². The highest BCUT2D eigenvalue weighted by Gasteiger charge is 2.19. The largest absolute Gasteiger partial charge is 0.465 e. The molecular formula is C17H16N4O2. The van der Waals surface area contributed by atoms with Crippen molar-refractivity contribution in [3.05, 3.63) is 72.1 Å². The van der Waals surface area contributed by atoms with Gasteiger partial charge >= 0.3 is 6.09 Å². The van der Waals surface area contributed by atoms with Gasteiger partial charge in [0.05, 0.1) is 6.04 Å². The lowest BCUT2D eigenvalue weighted by molar-refractivity contribution is 0.189. The first-order valence-corrected chi connectivity index (χ1v) is 7.23. The van der Waals surface area contributed by atoms with Gasteiger partial charge in [-0.15, -0.1) is 0 Å². The molecule has 6 heteroatoms. The summed E-state index contributed by atoms with van der Waals surface area (Å²) in [5, 5.41) is 18.6. The van der Waals surface area contributed by atoms with Gasteiger partial charge in [-0.05, 0) is 5.56 Å². The van der Waals surface area contributed by atoms with Gasteiger partial charge in [0.2, 0.25) is 0 Å². The molecule has 0 spiro atoms. The number of aromatic amines is 1. The number of H-pyrrole nitrogens is 1. The van der Waals surface area contributed by atoms with E-state index in [1.54, 1.807) is 0 Å². The van der Waals surface area contributed by atoms with Gasteiger partial charge in [-0.3, -0.25) is 5.10 Å². The summed E-state index contributed by atoms with van der Waals surface area (Å²) in [5.41, 5.74) is 1.90. The summed E-state index contributed by atoms with van der Waals surface area (Å²) >= 11 is 0. The summed E-state index contributed by atoms with van der Waals surface area (Å²) in [6, 6.07) is 18.7. The third-order valence-electron chi connectivity index (χ3n) is 3.45. The smallest absolute Gasteiger partial charge is 0.405 e. The molecule has 2 aromatic carbocycles. The molecule has 1 atom stereocenters. The Balaban J connectivity index is 1.85. The van der Waals surface area contributed by atoms with E-state index in [2.05, 4.69) is 20.5 Å². The first-order chi connectivity index (χ1) is 11.2. The van der Waals surface area contributed by atoms with E-state index in [1.165, 1.54) is 0 Å². The Hall–Kier alpha value is -3.15. The molecule has 0 fully saturated rings. The number of amides is 1. The molecule has 6 nitrogen and oxygen atoms in total. The van der Waals surface area contributed by atoms with Gasteiger partial charge in [0, 0.05) is 12.0 Å². The van der Waals surface area contributed by atoms with Crippen LogP contribution in [0.3, 0.4) is 0 Å². The second-order valence-electron chi connectivity index (χ2n) is 5.10. The lowest BCUT2D eigenvalue weighted by Gasteiger charge is -2.14. The molecule has 1 heterocycles. The van der Waals surface area contributed by atoms with Crippen molar-refractivity contribution >= 4 is 6.09 Å². The Bertz CT molecular complexity index is 772. The van der Waals surface area contributed by atoms with Crippen LogP contribution in [0.25, 0.3) is 11.4 Å². The van der Waals surface area contributed by atoms with Gasteiger partial charge in [-0.25, -0.2) is 9.78 Å².